The zero-order chi connectivity index (χ0) is 18.1. The van der Waals surface area contributed by atoms with E-state index in [1.807, 2.05) is 36.4 Å². The van der Waals surface area contributed by atoms with Gasteiger partial charge >= 0.3 is 0 Å². The predicted octanol–water partition coefficient (Wildman–Crippen LogP) is 4.04. The number of aliphatic imine (C=N–C) groups is 1. The van der Waals surface area contributed by atoms with Gasteiger partial charge < -0.3 is 24.8 Å². The van der Waals surface area contributed by atoms with Crippen LogP contribution in [0.2, 0.25) is 5.02 Å². The summed E-state index contributed by atoms with van der Waals surface area (Å²) in [4.78, 5) is 4.19. The molecule has 26 heavy (non-hydrogen) atoms. The van der Waals surface area contributed by atoms with E-state index >= 15 is 0 Å². The molecule has 0 fully saturated rings. The summed E-state index contributed by atoms with van der Waals surface area (Å²) in [6, 6.07) is 12.9. The molecule has 2 rings (SSSR count). The number of ether oxygens (including phenoxy) is 3. The first-order chi connectivity index (χ1) is 12.2. The minimum Gasteiger partial charge on any atom is -0.493 e. The number of anilines is 1. The zero-order valence-corrected chi connectivity index (χ0v) is 18.0. The van der Waals surface area contributed by atoms with Crippen LogP contribution in [-0.2, 0) is 0 Å². The van der Waals surface area contributed by atoms with Gasteiger partial charge in [0.05, 0.1) is 20.8 Å². The highest BCUT2D eigenvalue weighted by molar-refractivity contribution is 14.0. The Morgan fingerprint density at radius 2 is 1.85 bits per heavy atom. The molecule has 0 aromatic heterocycles. The first-order valence-corrected chi connectivity index (χ1v) is 8.12. The van der Waals surface area contributed by atoms with Gasteiger partial charge in [-0.3, -0.25) is 4.99 Å². The Morgan fingerprint density at radius 1 is 1.08 bits per heavy atom. The first kappa shape index (κ1) is 22.2. The number of methoxy groups -OCH3 is 2. The van der Waals surface area contributed by atoms with E-state index in [-0.39, 0.29) is 24.0 Å². The maximum Gasteiger partial charge on any atom is 0.195 e. The fraction of sp³-hybridized carbons (Fsp3) is 0.278. The molecule has 0 spiro atoms. The van der Waals surface area contributed by atoms with E-state index in [2.05, 4.69) is 15.6 Å². The van der Waals surface area contributed by atoms with Crippen LogP contribution in [0.15, 0.2) is 47.5 Å². The first-order valence-electron chi connectivity index (χ1n) is 7.74. The van der Waals surface area contributed by atoms with Crippen molar-refractivity contribution >= 4 is 47.2 Å². The van der Waals surface area contributed by atoms with Crippen LogP contribution in [0.3, 0.4) is 0 Å². The summed E-state index contributed by atoms with van der Waals surface area (Å²) in [5.41, 5.74) is 0.835. The number of nitrogens with one attached hydrogen (secondary N) is 2. The predicted molar refractivity (Wildman–Crippen MR) is 117 cm³/mol. The molecule has 6 nitrogen and oxygen atoms in total. The Kier molecular flexibility index (Phi) is 9.97. The Labute approximate surface area is 175 Å². The lowest BCUT2D eigenvalue weighted by atomic mass is 10.3. The van der Waals surface area contributed by atoms with E-state index in [1.54, 1.807) is 27.3 Å². The standard InChI is InChI=1S/C18H22ClN3O3.HI/c1-20-18(21-9-10-25-15-6-4-5-13(19)11-15)22-14-7-8-16(23-2)17(12-14)24-3;/h4-8,11-12H,9-10H2,1-3H3,(H2,20,21,22);1H. The largest absolute Gasteiger partial charge is 0.493 e. The van der Waals surface area contributed by atoms with Crippen LogP contribution < -0.4 is 24.8 Å². The smallest absolute Gasteiger partial charge is 0.195 e. The highest BCUT2D eigenvalue weighted by Crippen LogP contribution is 2.29. The van der Waals surface area contributed by atoms with Crippen molar-refractivity contribution in [3.8, 4) is 17.2 Å². The zero-order valence-electron chi connectivity index (χ0n) is 14.9. The van der Waals surface area contributed by atoms with Crippen LogP contribution in [0.1, 0.15) is 0 Å². The molecule has 2 aromatic carbocycles. The van der Waals surface area contributed by atoms with Gasteiger partial charge in [0.1, 0.15) is 12.4 Å². The van der Waals surface area contributed by atoms with Gasteiger partial charge in [-0.1, -0.05) is 17.7 Å². The molecule has 0 bridgehead atoms. The minimum absolute atomic E-state index is 0. The van der Waals surface area contributed by atoms with Crippen LogP contribution in [0.5, 0.6) is 17.2 Å². The Balaban J connectivity index is 0.00000338. The van der Waals surface area contributed by atoms with E-state index in [9.17, 15) is 0 Å². The molecule has 142 valence electrons. The summed E-state index contributed by atoms with van der Waals surface area (Å²) >= 11 is 5.92. The van der Waals surface area contributed by atoms with Gasteiger partial charge in [0, 0.05) is 23.8 Å². The second-order valence-electron chi connectivity index (χ2n) is 5.00. The molecule has 0 aliphatic heterocycles. The van der Waals surface area contributed by atoms with Crippen molar-refractivity contribution in [2.24, 2.45) is 4.99 Å². The van der Waals surface area contributed by atoms with E-state index < -0.39 is 0 Å². The maximum absolute atomic E-state index is 5.92. The van der Waals surface area contributed by atoms with Gasteiger partial charge in [-0.25, -0.2) is 0 Å². The molecular formula is C18H23ClIN3O3. The molecule has 2 aromatic rings. The maximum atomic E-state index is 5.92. The molecule has 0 atom stereocenters. The summed E-state index contributed by atoms with van der Waals surface area (Å²) < 4.78 is 16.2. The van der Waals surface area contributed by atoms with E-state index in [4.69, 9.17) is 25.8 Å². The Bertz CT molecular complexity index is 729. The number of benzene rings is 2. The second-order valence-corrected chi connectivity index (χ2v) is 5.44. The SMILES string of the molecule is CN=C(NCCOc1cccc(Cl)c1)Nc1ccc(OC)c(OC)c1.I. The quantitative estimate of drug-likeness (QED) is 0.265. The molecular weight excluding hydrogens is 469 g/mol. The third-order valence-electron chi connectivity index (χ3n) is 3.33. The molecule has 0 amide bonds. The van der Waals surface area contributed by atoms with Crippen molar-refractivity contribution < 1.29 is 14.2 Å². The summed E-state index contributed by atoms with van der Waals surface area (Å²) in [6.45, 7) is 1.06. The van der Waals surface area contributed by atoms with Gasteiger partial charge in [-0.15, -0.1) is 24.0 Å². The molecule has 0 saturated heterocycles. The lowest BCUT2D eigenvalue weighted by Gasteiger charge is -2.14. The number of hydrogen-bond acceptors (Lipinski definition) is 4. The van der Waals surface area contributed by atoms with Crippen LogP contribution in [0.25, 0.3) is 0 Å². The topological polar surface area (TPSA) is 64.1 Å². The number of nitrogens with zero attached hydrogens (tertiary/aromatic N) is 1. The molecule has 0 aliphatic rings. The average Bonchev–Trinajstić information content (AvgIpc) is 2.64. The molecule has 8 heteroatoms. The van der Waals surface area contributed by atoms with Crippen LogP contribution in [0.4, 0.5) is 5.69 Å². The molecule has 0 heterocycles. The highest BCUT2D eigenvalue weighted by atomic mass is 127. The van der Waals surface area contributed by atoms with Gasteiger partial charge in [0.15, 0.2) is 17.5 Å². The minimum atomic E-state index is 0. The number of hydrogen-bond donors (Lipinski definition) is 2. The molecule has 2 N–H and O–H groups in total. The van der Waals surface area contributed by atoms with Crippen LogP contribution >= 0.6 is 35.6 Å². The summed E-state index contributed by atoms with van der Waals surface area (Å²) in [6.07, 6.45) is 0. The highest BCUT2D eigenvalue weighted by Gasteiger charge is 2.06. The van der Waals surface area contributed by atoms with Crippen LogP contribution in [-0.4, -0.2) is 40.4 Å². The molecule has 0 aliphatic carbocycles. The number of guanidine groups is 1. The fourth-order valence-corrected chi connectivity index (χ4v) is 2.31. The fourth-order valence-electron chi connectivity index (χ4n) is 2.12. The van der Waals surface area contributed by atoms with Crippen LogP contribution in [0, 0.1) is 0 Å². The van der Waals surface area contributed by atoms with E-state index in [0.29, 0.717) is 35.6 Å². The van der Waals surface area contributed by atoms with Gasteiger partial charge in [0.2, 0.25) is 0 Å². The molecule has 0 radical (unpaired) electrons. The second kappa shape index (κ2) is 11.7. The van der Waals surface area contributed by atoms with E-state index in [1.165, 1.54) is 0 Å². The van der Waals surface area contributed by atoms with Crippen molar-refractivity contribution in [1.82, 2.24) is 5.32 Å². The lowest BCUT2D eigenvalue weighted by Crippen LogP contribution is -2.33. The van der Waals surface area contributed by atoms with Gasteiger partial charge in [-0.05, 0) is 30.3 Å². The van der Waals surface area contributed by atoms with E-state index in [0.717, 1.165) is 11.4 Å². The lowest BCUT2D eigenvalue weighted by molar-refractivity contribution is 0.322. The van der Waals surface area contributed by atoms with Crippen molar-refractivity contribution in [2.45, 2.75) is 0 Å². The van der Waals surface area contributed by atoms with Crippen molar-refractivity contribution in [2.75, 3.05) is 39.7 Å². The average molecular weight is 492 g/mol. The summed E-state index contributed by atoms with van der Waals surface area (Å²) in [5, 5.41) is 7.02. The monoisotopic (exact) mass is 491 g/mol. The molecule has 0 saturated carbocycles. The van der Waals surface area contributed by atoms with Gasteiger partial charge in [-0.2, -0.15) is 0 Å². The number of halogens is 2. The molecule has 0 unspecified atom stereocenters. The summed E-state index contributed by atoms with van der Waals surface area (Å²) in [7, 11) is 4.90. The number of rotatable bonds is 7. The Morgan fingerprint density at radius 3 is 2.50 bits per heavy atom. The third-order valence-corrected chi connectivity index (χ3v) is 3.56. The summed E-state index contributed by atoms with van der Waals surface area (Å²) in [5.74, 6) is 2.68. The van der Waals surface area contributed by atoms with Crippen molar-refractivity contribution in [3.63, 3.8) is 0 Å². The normalized spacial score (nSPS) is 10.5. The van der Waals surface area contributed by atoms with Crippen molar-refractivity contribution in [1.29, 1.82) is 0 Å². The van der Waals surface area contributed by atoms with Crippen molar-refractivity contribution in [3.05, 3.63) is 47.5 Å². The Hall–Kier alpha value is -1.87. The third kappa shape index (κ3) is 6.80. The van der Waals surface area contributed by atoms with Gasteiger partial charge in [0.25, 0.3) is 0 Å².